The van der Waals surface area contributed by atoms with Crippen molar-refractivity contribution in [1.82, 2.24) is 9.78 Å². The molecule has 94 valence electrons. The SMILES string of the molecule is COc1cnn(C)c1C(=O)c1ccc(N)c(C)c1. The van der Waals surface area contributed by atoms with Crippen LogP contribution >= 0.6 is 0 Å². The molecule has 0 aliphatic carbocycles. The molecular weight excluding hydrogens is 230 g/mol. The topological polar surface area (TPSA) is 70.1 Å². The minimum absolute atomic E-state index is 0.130. The molecule has 0 unspecified atom stereocenters. The Balaban J connectivity index is 2.47. The fourth-order valence-electron chi connectivity index (χ4n) is 1.78. The van der Waals surface area contributed by atoms with Crippen LogP contribution in [0.2, 0.25) is 0 Å². The number of rotatable bonds is 3. The van der Waals surface area contributed by atoms with E-state index in [0.29, 0.717) is 22.7 Å². The lowest BCUT2D eigenvalue weighted by Crippen LogP contribution is -2.10. The average Bonchev–Trinajstić information content (AvgIpc) is 2.73. The van der Waals surface area contributed by atoms with E-state index in [9.17, 15) is 4.79 Å². The van der Waals surface area contributed by atoms with Crippen molar-refractivity contribution < 1.29 is 9.53 Å². The molecule has 5 heteroatoms. The van der Waals surface area contributed by atoms with Crippen LogP contribution in [0.25, 0.3) is 0 Å². The molecule has 5 nitrogen and oxygen atoms in total. The molecule has 2 N–H and O–H groups in total. The summed E-state index contributed by atoms with van der Waals surface area (Å²) in [4.78, 5) is 12.4. The number of hydrogen-bond acceptors (Lipinski definition) is 4. The minimum atomic E-state index is -0.130. The van der Waals surface area contributed by atoms with Crippen LogP contribution in [0, 0.1) is 6.92 Å². The first-order chi connectivity index (χ1) is 8.54. The van der Waals surface area contributed by atoms with E-state index in [1.54, 1.807) is 25.2 Å². The Morgan fingerprint density at radius 1 is 1.44 bits per heavy atom. The Labute approximate surface area is 105 Å². The van der Waals surface area contributed by atoms with Gasteiger partial charge in [0.25, 0.3) is 0 Å². The molecule has 0 aliphatic heterocycles. The lowest BCUT2D eigenvalue weighted by molar-refractivity contribution is 0.102. The van der Waals surface area contributed by atoms with Crippen molar-refractivity contribution in [2.24, 2.45) is 7.05 Å². The minimum Gasteiger partial charge on any atom is -0.493 e. The van der Waals surface area contributed by atoms with E-state index in [1.807, 2.05) is 6.92 Å². The van der Waals surface area contributed by atoms with Gasteiger partial charge in [-0.15, -0.1) is 0 Å². The number of ketones is 1. The van der Waals surface area contributed by atoms with Crippen molar-refractivity contribution in [2.75, 3.05) is 12.8 Å². The van der Waals surface area contributed by atoms with Crippen LogP contribution < -0.4 is 10.5 Å². The number of nitrogen functional groups attached to an aromatic ring is 1. The molecule has 0 saturated carbocycles. The van der Waals surface area contributed by atoms with Crippen LogP contribution in [-0.2, 0) is 7.05 Å². The monoisotopic (exact) mass is 245 g/mol. The highest BCUT2D eigenvalue weighted by Crippen LogP contribution is 2.22. The van der Waals surface area contributed by atoms with Crippen molar-refractivity contribution in [2.45, 2.75) is 6.92 Å². The van der Waals surface area contributed by atoms with E-state index >= 15 is 0 Å². The quantitative estimate of drug-likeness (QED) is 0.658. The number of aryl methyl sites for hydroxylation is 2. The van der Waals surface area contributed by atoms with Crippen LogP contribution in [0.3, 0.4) is 0 Å². The summed E-state index contributed by atoms with van der Waals surface area (Å²) in [7, 11) is 3.22. The smallest absolute Gasteiger partial charge is 0.214 e. The highest BCUT2D eigenvalue weighted by atomic mass is 16.5. The molecule has 0 spiro atoms. The van der Waals surface area contributed by atoms with Crippen molar-refractivity contribution in [3.8, 4) is 5.75 Å². The molecule has 18 heavy (non-hydrogen) atoms. The summed E-state index contributed by atoms with van der Waals surface area (Å²) in [6, 6.07) is 5.20. The van der Waals surface area contributed by atoms with Gasteiger partial charge in [0.15, 0.2) is 11.4 Å². The third-order valence-electron chi connectivity index (χ3n) is 2.87. The highest BCUT2D eigenvalue weighted by Gasteiger charge is 2.19. The summed E-state index contributed by atoms with van der Waals surface area (Å²) >= 11 is 0. The number of methoxy groups -OCH3 is 1. The fourth-order valence-corrected chi connectivity index (χ4v) is 1.78. The average molecular weight is 245 g/mol. The second-order valence-electron chi connectivity index (χ2n) is 4.09. The zero-order valence-electron chi connectivity index (χ0n) is 10.6. The second-order valence-corrected chi connectivity index (χ2v) is 4.09. The summed E-state index contributed by atoms with van der Waals surface area (Å²) < 4.78 is 6.64. The summed E-state index contributed by atoms with van der Waals surface area (Å²) in [6.45, 7) is 1.87. The molecule has 1 aromatic carbocycles. The molecule has 0 fully saturated rings. The number of hydrogen-bond donors (Lipinski definition) is 1. The van der Waals surface area contributed by atoms with Crippen LogP contribution in [0.15, 0.2) is 24.4 Å². The molecule has 1 aromatic heterocycles. The maximum absolute atomic E-state index is 12.4. The van der Waals surface area contributed by atoms with Gasteiger partial charge in [0, 0.05) is 18.3 Å². The second kappa shape index (κ2) is 4.52. The summed E-state index contributed by atoms with van der Waals surface area (Å²) in [6.07, 6.45) is 1.53. The summed E-state index contributed by atoms with van der Waals surface area (Å²) in [5, 5.41) is 4.02. The third-order valence-corrected chi connectivity index (χ3v) is 2.87. The van der Waals surface area contributed by atoms with Gasteiger partial charge in [0.05, 0.1) is 13.3 Å². The number of carbonyl (C=O) groups excluding carboxylic acids is 1. The largest absolute Gasteiger partial charge is 0.493 e. The number of nitrogens with two attached hydrogens (primary N) is 1. The van der Waals surface area contributed by atoms with Gasteiger partial charge in [-0.3, -0.25) is 9.48 Å². The van der Waals surface area contributed by atoms with Crippen LogP contribution in [-0.4, -0.2) is 22.7 Å². The summed E-state index contributed by atoms with van der Waals surface area (Å²) in [5.41, 5.74) is 8.29. The van der Waals surface area contributed by atoms with Gasteiger partial charge >= 0.3 is 0 Å². The van der Waals surface area contributed by atoms with E-state index in [2.05, 4.69) is 5.10 Å². The molecule has 0 amide bonds. The molecule has 0 atom stereocenters. The van der Waals surface area contributed by atoms with Crippen LogP contribution in [0.1, 0.15) is 21.6 Å². The maximum atomic E-state index is 12.4. The van der Waals surface area contributed by atoms with Crippen LogP contribution in [0.5, 0.6) is 5.75 Å². The van der Waals surface area contributed by atoms with E-state index in [1.165, 1.54) is 18.0 Å². The number of anilines is 1. The molecule has 2 rings (SSSR count). The Bertz CT molecular complexity index is 602. The predicted molar refractivity (Wildman–Crippen MR) is 68.8 cm³/mol. The zero-order valence-corrected chi connectivity index (χ0v) is 10.6. The number of ether oxygens (including phenoxy) is 1. The molecule has 0 bridgehead atoms. The Kier molecular flexibility index (Phi) is 3.06. The van der Waals surface area contributed by atoms with Gasteiger partial charge in [-0.1, -0.05) is 0 Å². The van der Waals surface area contributed by atoms with Crippen molar-refractivity contribution >= 4 is 11.5 Å². The molecule has 2 aromatic rings. The van der Waals surface area contributed by atoms with Crippen molar-refractivity contribution in [1.29, 1.82) is 0 Å². The number of benzene rings is 1. The van der Waals surface area contributed by atoms with Crippen molar-refractivity contribution in [3.63, 3.8) is 0 Å². The van der Waals surface area contributed by atoms with Gasteiger partial charge in [0.1, 0.15) is 0 Å². The standard InChI is InChI=1S/C13H15N3O2/c1-8-6-9(4-5-10(8)14)13(17)12-11(18-3)7-15-16(12)2/h4-7H,14H2,1-3H3. The number of carbonyl (C=O) groups is 1. The van der Waals surface area contributed by atoms with E-state index in [0.717, 1.165) is 5.56 Å². The normalized spacial score (nSPS) is 10.4. The lowest BCUT2D eigenvalue weighted by atomic mass is 10.0. The molecular formula is C13H15N3O2. The number of aromatic nitrogens is 2. The van der Waals surface area contributed by atoms with E-state index in [-0.39, 0.29) is 5.78 Å². The maximum Gasteiger partial charge on any atom is 0.214 e. The Morgan fingerprint density at radius 3 is 2.78 bits per heavy atom. The Morgan fingerprint density at radius 2 is 2.17 bits per heavy atom. The lowest BCUT2D eigenvalue weighted by Gasteiger charge is -2.06. The fraction of sp³-hybridized carbons (Fsp3) is 0.231. The van der Waals surface area contributed by atoms with Gasteiger partial charge in [-0.25, -0.2) is 0 Å². The summed E-state index contributed by atoms with van der Waals surface area (Å²) in [5.74, 6) is 0.340. The molecule has 0 radical (unpaired) electrons. The Hall–Kier alpha value is -2.30. The van der Waals surface area contributed by atoms with Gasteiger partial charge < -0.3 is 10.5 Å². The molecule has 0 saturated heterocycles. The first-order valence-electron chi connectivity index (χ1n) is 5.51. The first kappa shape index (κ1) is 12.2. The van der Waals surface area contributed by atoms with Crippen molar-refractivity contribution in [3.05, 3.63) is 41.2 Å². The zero-order chi connectivity index (χ0) is 13.3. The van der Waals surface area contributed by atoms with Crippen LogP contribution in [0.4, 0.5) is 5.69 Å². The highest BCUT2D eigenvalue weighted by molar-refractivity contribution is 6.09. The van der Waals surface area contributed by atoms with E-state index < -0.39 is 0 Å². The predicted octanol–water partition coefficient (Wildman–Crippen LogP) is 1.55. The molecule has 0 aliphatic rings. The number of nitrogens with zero attached hydrogens (tertiary/aromatic N) is 2. The van der Waals surface area contributed by atoms with E-state index in [4.69, 9.17) is 10.5 Å². The van der Waals surface area contributed by atoms with Gasteiger partial charge in [-0.05, 0) is 30.7 Å². The third kappa shape index (κ3) is 1.95. The molecule has 1 heterocycles. The van der Waals surface area contributed by atoms with Gasteiger partial charge in [-0.2, -0.15) is 5.10 Å². The van der Waals surface area contributed by atoms with Gasteiger partial charge in [0.2, 0.25) is 5.78 Å². The first-order valence-corrected chi connectivity index (χ1v) is 5.51.